The molecule has 0 amide bonds. The van der Waals surface area contributed by atoms with Crippen LogP contribution in [0.25, 0.3) is 0 Å². The summed E-state index contributed by atoms with van der Waals surface area (Å²) < 4.78 is 5.61. The van der Waals surface area contributed by atoms with Crippen molar-refractivity contribution in [2.45, 2.75) is 58.4 Å². The molecule has 1 saturated carbocycles. The molecule has 3 nitrogen and oxygen atoms in total. The summed E-state index contributed by atoms with van der Waals surface area (Å²) in [5.74, 6) is 1.63. The predicted molar refractivity (Wildman–Crippen MR) is 89.8 cm³/mol. The quantitative estimate of drug-likeness (QED) is 0.752. The summed E-state index contributed by atoms with van der Waals surface area (Å²) in [5, 5.41) is 3.72. The van der Waals surface area contributed by atoms with Gasteiger partial charge in [-0.05, 0) is 55.8 Å². The summed E-state index contributed by atoms with van der Waals surface area (Å²) in [6.07, 6.45) is 7.50. The van der Waals surface area contributed by atoms with Crippen LogP contribution >= 0.6 is 0 Å². The Hall–Kier alpha value is -1.22. The van der Waals surface area contributed by atoms with Crippen molar-refractivity contribution < 1.29 is 4.74 Å². The zero-order valence-electron chi connectivity index (χ0n) is 13.5. The zero-order valence-corrected chi connectivity index (χ0v) is 13.5. The van der Waals surface area contributed by atoms with Gasteiger partial charge in [-0.2, -0.15) is 0 Å². The van der Waals surface area contributed by atoms with Crippen LogP contribution in [0.15, 0.2) is 18.2 Å². The van der Waals surface area contributed by atoms with E-state index in [-0.39, 0.29) is 0 Å². The van der Waals surface area contributed by atoms with Crippen LogP contribution in [0.5, 0.6) is 5.75 Å². The maximum absolute atomic E-state index is 6.05. The number of hydrogen-bond donors (Lipinski definition) is 2. The number of hydrogen-bond acceptors (Lipinski definition) is 3. The van der Waals surface area contributed by atoms with Crippen LogP contribution in [0.1, 0.15) is 51.5 Å². The average molecular weight is 290 g/mol. The molecule has 0 aliphatic heterocycles. The van der Waals surface area contributed by atoms with Crippen LogP contribution in [0.4, 0.5) is 5.69 Å². The fourth-order valence-corrected chi connectivity index (χ4v) is 3.12. The van der Waals surface area contributed by atoms with E-state index in [1.54, 1.807) is 0 Å². The van der Waals surface area contributed by atoms with Gasteiger partial charge in [0, 0.05) is 6.04 Å². The molecule has 0 spiro atoms. The molecular formula is C18H30N2O. The Bertz CT molecular complexity index is 433. The first-order chi connectivity index (χ1) is 10.2. The lowest BCUT2D eigenvalue weighted by molar-refractivity contribution is 0.282. The van der Waals surface area contributed by atoms with Crippen molar-refractivity contribution in [3.63, 3.8) is 0 Å². The van der Waals surface area contributed by atoms with Gasteiger partial charge in [-0.15, -0.1) is 0 Å². The van der Waals surface area contributed by atoms with Gasteiger partial charge in [0.1, 0.15) is 5.75 Å². The summed E-state index contributed by atoms with van der Waals surface area (Å²) in [6.45, 7) is 6.23. The number of rotatable bonds is 7. The fourth-order valence-electron chi connectivity index (χ4n) is 3.12. The Morgan fingerprint density at radius 2 is 2.10 bits per heavy atom. The molecule has 1 aromatic rings. The minimum Gasteiger partial charge on any atom is -0.491 e. The van der Waals surface area contributed by atoms with E-state index in [4.69, 9.17) is 10.5 Å². The largest absolute Gasteiger partial charge is 0.491 e. The number of nitrogens with two attached hydrogens (primary N) is 1. The van der Waals surface area contributed by atoms with Crippen molar-refractivity contribution in [2.75, 3.05) is 18.9 Å². The van der Waals surface area contributed by atoms with Crippen LogP contribution in [0.3, 0.4) is 0 Å². The number of anilines is 1. The Morgan fingerprint density at radius 1 is 1.29 bits per heavy atom. The van der Waals surface area contributed by atoms with Gasteiger partial charge < -0.3 is 15.8 Å². The molecule has 0 saturated heterocycles. The van der Waals surface area contributed by atoms with Crippen molar-refractivity contribution in [3.05, 3.63) is 23.8 Å². The maximum Gasteiger partial charge on any atom is 0.142 e. The number of benzene rings is 1. The fraction of sp³-hybridized carbons (Fsp3) is 0.667. The molecule has 2 atom stereocenters. The normalized spacial score (nSPS) is 22.2. The Balaban J connectivity index is 1.79. The molecule has 0 bridgehead atoms. The minimum atomic E-state index is 0.697. The van der Waals surface area contributed by atoms with Gasteiger partial charge in [0.2, 0.25) is 0 Å². The second-order valence-corrected chi connectivity index (χ2v) is 6.29. The van der Waals surface area contributed by atoms with Crippen molar-refractivity contribution >= 4 is 5.69 Å². The third-order valence-corrected chi connectivity index (χ3v) is 4.47. The van der Waals surface area contributed by atoms with E-state index in [1.165, 1.54) is 31.2 Å². The smallest absolute Gasteiger partial charge is 0.142 e. The summed E-state index contributed by atoms with van der Waals surface area (Å²) in [6, 6.07) is 6.89. The van der Waals surface area contributed by atoms with E-state index in [2.05, 4.69) is 31.3 Å². The van der Waals surface area contributed by atoms with Crippen LogP contribution in [0, 0.1) is 5.92 Å². The number of nitrogen functional groups attached to an aromatic ring is 1. The molecule has 0 heterocycles. The van der Waals surface area contributed by atoms with Crippen molar-refractivity contribution in [2.24, 2.45) is 5.92 Å². The molecule has 3 N–H and O–H groups in total. The monoisotopic (exact) mass is 290 g/mol. The summed E-state index contributed by atoms with van der Waals surface area (Å²) in [4.78, 5) is 0. The van der Waals surface area contributed by atoms with E-state index < -0.39 is 0 Å². The molecule has 1 aromatic carbocycles. The molecule has 21 heavy (non-hydrogen) atoms. The van der Waals surface area contributed by atoms with Crippen LogP contribution in [-0.2, 0) is 6.42 Å². The minimum absolute atomic E-state index is 0.697. The topological polar surface area (TPSA) is 47.3 Å². The predicted octanol–water partition coefficient (Wildman–Crippen LogP) is 3.77. The van der Waals surface area contributed by atoms with Gasteiger partial charge >= 0.3 is 0 Å². The summed E-state index contributed by atoms with van der Waals surface area (Å²) in [5.41, 5.74) is 8.09. The SMILES string of the molecule is CCCOc1ccc(CCNC2CCCCC2C)cc1N. The highest BCUT2D eigenvalue weighted by atomic mass is 16.5. The van der Waals surface area contributed by atoms with Gasteiger partial charge in [0.25, 0.3) is 0 Å². The molecule has 0 radical (unpaired) electrons. The van der Waals surface area contributed by atoms with Crippen molar-refractivity contribution in [3.8, 4) is 5.75 Å². The van der Waals surface area contributed by atoms with Gasteiger partial charge in [-0.3, -0.25) is 0 Å². The first kappa shape index (κ1) is 16.2. The van der Waals surface area contributed by atoms with Gasteiger partial charge in [-0.1, -0.05) is 32.8 Å². The van der Waals surface area contributed by atoms with Gasteiger partial charge in [0.05, 0.1) is 12.3 Å². The van der Waals surface area contributed by atoms with Crippen LogP contribution in [0.2, 0.25) is 0 Å². The molecule has 2 unspecified atom stereocenters. The standard InChI is InChI=1S/C18H30N2O/c1-3-12-21-18-9-8-15(13-16(18)19)10-11-20-17-7-5-4-6-14(17)2/h8-9,13-14,17,20H,3-7,10-12,19H2,1-2H3. The lowest BCUT2D eigenvalue weighted by Gasteiger charge is -2.29. The van der Waals surface area contributed by atoms with Gasteiger partial charge in [0.15, 0.2) is 0 Å². The highest BCUT2D eigenvalue weighted by molar-refractivity contribution is 5.54. The third-order valence-electron chi connectivity index (χ3n) is 4.47. The summed E-state index contributed by atoms with van der Waals surface area (Å²) >= 11 is 0. The van der Waals surface area contributed by atoms with E-state index in [0.717, 1.165) is 43.3 Å². The molecule has 1 aliphatic carbocycles. The Labute approximate surface area is 129 Å². The molecule has 118 valence electrons. The van der Waals surface area contributed by atoms with E-state index in [1.807, 2.05) is 6.07 Å². The molecule has 2 rings (SSSR count). The lowest BCUT2D eigenvalue weighted by atomic mass is 9.86. The van der Waals surface area contributed by atoms with E-state index in [9.17, 15) is 0 Å². The molecule has 1 aliphatic rings. The number of ether oxygens (including phenoxy) is 1. The average Bonchev–Trinajstić information content (AvgIpc) is 2.48. The van der Waals surface area contributed by atoms with Crippen LogP contribution in [-0.4, -0.2) is 19.2 Å². The Kier molecular flexibility index (Phi) is 6.37. The molecule has 1 fully saturated rings. The van der Waals surface area contributed by atoms with Gasteiger partial charge in [-0.25, -0.2) is 0 Å². The lowest BCUT2D eigenvalue weighted by Crippen LogP contribution is -2.38. The first-order valence-electron chi connectivity index (χ1n) is 8.45. The third kappa shape index (κ3) is 4.92. The molecule has 3 heteroatoms. The second kappa shape index (κ2) is 8.28. The summed E-state index contributed by atoms with van der Waals surface area (Å²) in [7, 11) is 0. The van der Waals surface area contributed by atoms with E-state index >= 15 is 0 Å². The molecular weight excluding hydrogens is 260 g/mol. The second-order valence-electron chi connectivity index (χ2n) is 6.29. The van der Waals surface area contributed by atoms with E-state index in [0.29, 0.717) is 6.04 Å². The number of nitrogens with one attached hydrogen (secondary N) is 1. The Morgan fingerprint density at radius 3 is 2.81 bits per heavy atom. The highest BCUT2D eigenvalue weighted by Gasteiger charge is 2.20. The zero-order chi connectivity index (χ0) is 15.1. The maximum atomic E-state index is 6.05. The first-order valence-corrected chi connectivity index (χ1v) is 8.45. The van der Waals surface area contributed by atoms with Crippen LogP contribution < -0.4 is 15.8 Å². The van der Waals surface area contributed by atoms with Crippen molar-refractivity contribution in [1.82, 2.24) is 5.32 Å². The van der Waals surface area contributed by atoms with Crippen molar-refractivity contribution in [1.29, 1.82) is 0 Å². The molecule has 0 aromatic heterocycles. The highest BCUT2D eigenvalue weighted by Crippen LogP contribution is 2.24.